The van der Waals surface area contributed by atoms with Crippen LogP contribution in [0.1, 0.15) is 145 Å². The molecule has 0 spiro atoms. The molecule has 6 aromatic carbocycles. The largest absolute Gasteiger partial charge is 0.399 e. The summed E-state index contributed by atoms with van der Waals surface area (Å²) in [4.78, 5) is 68.0. The minimum Gasteiger partial charge on any atom is -0.399 e. The normalized spacial score (nSPS) is 19.2. The molecule has 15 rings (SSSR count). The molecule has 9 aromatic rings. The van der Waals surface area contributed by atoms with Crippen molar-refractivity contribution in [3.05, 3.63) is 195 Å². The number of nitrogens with zero attached hydrogens (tertiary/aromatic N) is 3. The number of rotatable bonds is 11. The highest BCUT2D eigenvalue weighted by atomic mass is 16.2. The van der Waals surface area contributed by atoms with Gasteiger partial charge < -0.3 is 53.0 Å². The first-order chi connectivity index (χ1) is 40.5. The van der Waals surface area contributed by atoms with Gasteiger partial charge in [0, 0.05) is 126 Å². The van der Waals surface area contributed by atoms with E-state index in [1.807, 2.05) is 61.5 Å². The Bertz CT molecular complexity index is 3950. The summed E-state index contributed by atoms with van der Waals surface area (Å²) in [7, 11) is 0. The van der Waals surface area contributed by atoms with Crippen molar-refractivity contribution in [3.63, 3.8) is 0 Å². The summed E-state index contributed by atoms with van der Waals surface area (Å²) in [6, 6.07) is 40.8. The van der Waals surface area contributed by atoms with Crippen molar-refractivity contribution in [2.45, 2.75) is 83.2 Å². The van der Waals surface area contributed by atoms with Crippen molar-refractivity contribution in [2.75, 3.05) is 62.6 Å². The van der Waals surface area contributed by atoms with Gasteiger partial charge in [-0.2, -0.15) is 0 Å². The van der Waals surface area contributed by atoms with Crippen molar-refractivity contribution in [3.8, 4) is 0 Å². The average molecular weight is 1110 g/mol. The predicted molar refractivity (Wildman–Crippen MR) is 327 cm³/mol. The average Bonchev–Trinajstić information content (AvgIpc) is 2.42. The predicted octanol–water partition coefficient (Wildman–Crippen LogP) is 10.1. The zero-order valence-corrected chi connectivity index (χ0v) is 46.8. The maximum atomic E-state index is 12.8. The molecule has 3 saturated heterocycles. The quantitative estimate of drug-likeness (QED) is 0.0554. The number of urea groups is 1. The maximum Gasteiger partial charge on any atom is 0.319 e. The molecule has 6 aliphatic rings. The van der Waals surface area contributed by atoms with E-state index in [1.165, 1.54) is 71.8 Å². The number of anilines is 3. The van der Waals surface area contributed by atoms with Crippen LogP contribution in [-0.4, -0.2) is 99.2 Å². The molecule has 3 fully saturated rings. The highest BCUT2D eigenvalue weighted by Gasteiger charge is 2.37. The van der Waals surface area contributed by atoms with Gasteiger partial charge in [-0.25, -0.2) is 4.79 Å². The number of likely N-dealkylation sites (tertiary alicyclic amines) is 3. The van der Waals surface area contributed by atoms with Crippen LogP contribution in [0, 0.1) is 0 Å². The molecule has 12 N–H and O–H groups in total. The number of benzene rings is 6. The van der Waals surface area contributed by atoms with Crippen LogP contribution in [0.15, 0.2) is 127 Å². The highest BCUT2D eigenvalue weighted by Crippen LogP contribution is 2.42. The Balaban J connectivity index is 0.000000117. The molecule has 17 heteroatoms. The van der Waals surface area contributed by atoms with Crippen LogP contribution in [0.25, 0.3) is 32.7 Å². The first-order valence-electron chi connectivity index (χ1n) is 29.4. The van der Waals surface area contributed by atoms with Gasteiger partial charge in [-0.1, -0.05) is 60.7 Å². The van der Waals surface area contributed by atoms with E-state index >= 15 is 0 Å². The molecule has 9 heterocycles. The summed E-state index contributed by atoms with van der Waals surface area (Å²) >= 11 is 0. The zero-order valence-electron chi connectivity index (χ0n) is 46.8. The lowest BCUT2D eigenvalue weighted by Gasteiger charge is -2.19. The lowest BCUT2D eigenvalue weighted by atomic mass is 9.95. The first-order valence-corrected chi connectivity index (χ1v) is 29.4. The standard InChI is InChI=1S/C24H27N5O2.2C21H22N4O/c1-2-25-24(31)26-15-9-10-16-18(13-15)22(28-23(16)30)21-17-7-3-4-8-19(17)27-20(21)14-29-11-5-6-12-29;22-13-7-8-14-16(11-13)20(24-21(14)26)19-15-5-1-2-6-17(15)23-18(19)12-25-9-3-4-10-25;22-13-7-8-14-16(11-13)21(26)24-20(14)19-15-5-1-2-6-17(15)23-18(19)12-25-9-3-4-10-25/h3-4,7-10,13,22,27H,2,5-6,11-12,14H2,1H3,(H,28,30)(H2,25,26,31);2*1-2,5-8,11,20,23H,3-4,9-10,12,22H2,(H,24,26). The smallest absolute Gasteiger partial charge is 0.319 e. The second kappa shape index (κ2) is 22.8. The number of para-hydroxylation sites is 3. The molecule has 0 aliphatic carbocycles. The fourth-order valence-corrected chi connectivity index (χ4v) is 13.5. The van der Waals surface area contributed by atoms with Gasteiger partial charge in [0.1, 0.15) is 0 Å². The first kappa shape index (κ1) is 53.4. The van der Waals surface area contributed by atoms with Gasteiger partial charge in [-0.3, -0.25) is 29.1 Å². The van der Waals surface area contributed by atoms with E-state index < -0.39 is 0 Å². The lowest BCUT2D eigenvalue weighted by Crippen LogP contribution is -2.28. The van der Waals surface area contributed by atoms with Gasteiger partial charge >= 0.3 is 6.03 Å². The number of nitrogen functional groups attached to an aromatic ring is 2. The molecule has 3 aromatic heterocycles. The Morgan fingerprint density at radius 3 is 1.31 bits per heavy atom. The fourth-order valence-electron chi connectivity index (χ4n) is 13.5. The SMILES string of the molecule is CCNC(=O)Nc1ccc2c(c1)C(c1c(CN3CCCC3)[nH]c3ccccc13)NC2=O.Nc1ccc2c(c1)C(=O)NC2c1c(CN2CCCC2)[nH]c2ccccc12.Nc1ccc2c(c1)C(c1c(CN3CCCC3)[nH]c3ccccc13)NC2=O. The number of nitrogens with one attached hydrogen (secondary N) is 8. The van der Waals surface area contributed by atoms with E-state index in [-0.39, 0.29) is 41.9 Å². The van der Waals surface area contributed by atoms with Crippen molar-refractivity contribution >= 4 is 73.5 Å². The van der Waals surface area contributed by atoms with Crippen LogP contribution < -0.4 is 38.1 Å². The van der Waals surface area contributed by atoms with E-state index in [1.54, 1.807) is 24.3 Å². The molecule has 6 aliphatic heterocycles. The van der Waals surface area contributed by atoms with Gasteiger partial charge in [0.2, 0.25) is 0 Å². The maximum absolute atomic E-state index is 12.8. The summed E-state index contributed by atoms with van der Waals surface area (Å²) in [5.41, 5.74) is 29.2. The van der Waals surface area contributed by atoms with Gasteiger partial charge in [-0.05, 0) is 168 Å². The Kier molecular flexibility index (Phi) is 14.7. The molecule has 0 radical (unpaired) electrons. The molecule has 3 atom stereocenters. The number of amides is 5. The Hall–Kier alpha value is -8.90. The number of carbonyl (C=O) groups is 4. The number of aromatic amines is 3. The topological polar surface area (TPSA) is 238 Å². The number of aromatic nitrogens is 3. The number of nitrogens with two attached hydrogens (primary N) is 2. The number of carbonyl (C=O) groups excluding carboxylic acids is 4. The monoisotopic (exact) mass is 1110 g/mol. The van der Waals surface area contributed by atoms with Crippen LogP contribution in [0.4, 0.5) is 21.9 Å². The van der Waals surface area contributed by atoms with Crippen LogP contribution in [-0.2, 0) is 19.6 Å². The number of hydrogen-bond acceptors (Lipinski definition) is 9. The van der Waals surface area contributed by atoms with Gasteiger partial charge in [-0.15, -0.1) is 0 Å². The summed E-state index contributed by atoms with van der Waals surface area (Å²) in [5, 5.41) is 18.6. The van der Waals surface area contributed by atoms with E-state index in [4.69, 9.17) is 11.5 Å². The lowest BCUT2D eigenvalue weighted by molar-refractivity contribution is 0.0952. The molecule has 17 nitrogen and oxygen atoms in total. The van der Waals surface area contributed by atoms with Crippen LogP contribution in [0.3, 0.4) is 0 Å². The van der Waals surface area contributed by atoms with E-state index in [2.05, 4.69) is 105 Å². The van der Waals surface area contributed by atoms with Crippen LogP contribution in [0.5, 0.6) is 0 Å². The molecule has 424 valence electrons. The Morgan fingerprint density at radius 1 is 0.470 bits per heavy atom. The second-order valence-electron chi connectivity index (χ2n) is 22.8. The van der Waals surface area contributed by atoms with Gasteiger partial charge in [0.05, 0.1) is 18.1 Å². The van der Waals surface area contributed by atoms with Crippen LogP contribution in [0.2, 0.25) is 0 Å². The summed E-state index contributed by atoms with van der Waals surface area (Å²) in [6.07, 6.45) is 7.50. The second-order valence-corrected chi connectivity index (χ2v) is 22.8. The van der Waals surface area contributed by atoms with Crippen molar-refractivity contribution in [1.29, 1.82) is 0 Å². The number of fused-ring (bicyclic) bond motifs is 6. The molecule has 3 unspecified atom stereocenters. The Labute approximate surface area is 481 Å². The van der Waals surface area contributed by atoms with Crippen molar-refractivity contribution in [1.82, 2.24) is 50.9 Å². The number of H-pyrrole nitrogens is 3. The van der Waals surface area contributed by atoms with Crippen molar-refractivity contribution in [2.24, 2.45) is 0 Å². The number of hydrogen-bond donors (Lipinski definition) is 10. The molecular weight excluding hydrogens is 1040 g/mol. The summed E-state index contributed by atoms with van der Waals surface area (Å²) in [5.74, 6) is -0.154. The fraction of sp³-hybridized carbons (Fsp3) is 0.303. The molecular formula is C66H71N13O4. The third-order valence-corrected chi connectivity index (χ3v) is 17.4. The summed E-state index contributed by atoms with van der Waals surface area (Å²) < 4.78 is 0. The van der Waals surface area contributed by atoms with Gasteiger partial charge in [0.15, 0.2) is 0 Å². The minimum atomic E-state index is -0.257. The van der Waals surface area contributed by atoms with Crippen molar-refractivity contribution < 1.29 is 19.2 Å². The van der Waals surface area contributed by atoms with E-state index in [9.17, 15) is 19.2 Å². The Morgan fingerprint density at radius 2 is 0.855 bits per heavy atom. The van der Waals surface area contributed by atoms with E-state index in [0.717, 1.165) is 114 Å². The zero-order chi connectivity index (χ0) is 56.7. The van der Waals surface area contributed by atoms with E-state index in [0.29, 0.717) is 34.7 Å². The van der Waals surface area contributed by atoms with Crippen LogP contribution >= 0.6 is 0 Å². The molecule has 0 bridgehead atoms. The molecule has 5 amide bonds. The van der Waals surface area contributed by atoms with Gasteiger partial charge in [0.25, 0.3) is 17.7 Å². The highest BCUT2D eigenvalue weighted by molar-refractivity contribution is 6.04. The molecule has 0 saturated carbocycles. The minimum absolute atomic E-state index is 0.0256. The molecule has 83 heavy (non-hydrogen) atoms. The third-order valence-electron chi connectivity index (χ3n) is 17.4. The third kappa shape index (κ3) is 10.6. The summed E-state index contributed by atoms with van der Waals surface area (Å²) in [6.45, 7) is 11.8.